The molecule has 7 nitrogen and oxygen atoms in total. The van der Waals surface area contributed by atoms with E-state index in [2.05, 4.69) is 5.32 Å². The van der Waals surface area contributed by atoms with E-state index in [4.69, 9.17) is 13.9 Å². The zero-order valence-electron chi connectivity index (χ0n) is 20.4. The van der Waals surface area contributed by atoms with Crippen molar-refractivity contribution in [3.63, 3.8) is 0 Å². The SMILES string of the molecule is Cc1c(CC(=O)NCC2CCC(C(=O)O)CC2)c(=O)oc2c(C)c3occ(-c4ccccc4)c3cc12. The fraction of sp³-hybridized carbons (Fsp3) is 0.345. The molecule has 1 aliphatic rings. The predicted octanol–water partition coefficient (Wildman–Crippen LogP) is 5.37. The summed E-state index contributed by atoms with van der Waals surface area (Å²) in [7, 11) is 0. The zero-order chi connectivity index (χ0) is 25.4. The third-order valence-corrected chi connectivity index (χ3v) is 7.55. The number of furan rings is 1. The van der Waals surface area contributed by atoms with Crippen LogP contribution in [0.4, 0.5) is 0 Å². The minimum Gasteiger partial charge on any atom is -0.481 e. The molecule has 1 amide bonds. The van der Waals surface area contributed by atoms with Gasteiger partial charge in [0.1, 0.15) is 11.2 Å². The lowest BCUT2D eigenvalue weighted by Crippen LogP contribution is -2.34. The molecule has 0 aliphatic heterocycles. The summed E-state index contributed by atoms with van der Waals surface area (Å²) in [5.74, 6) is -1.01. The standard InChI is InChI=1S/C29H29NO6/c1-16-21-12-23-24(19-6-4-3-5-7-19)15-35-26(23)17(2)27(21)36-29(34)22(16)13-25(31)30-14-18-8-10-20(11-9-18)28(32)33/h3-7,12,15,18,20H,8-11,13-14H2,1-2H3,(H,30,31)(H,32,33). The van der Waals surface area contributed by atoms with Gasteiger partial charge in [-0.2, -0.15) is 0 Å². The van der Waals surface area contributed by atoms with Gasteiger partial charge in [-0.3, -0.25) is 9.59 Å². The van der Waals surface area contributed by atoms with Crippen LogP contribution in [-0.4, -0.2) is 23.5 Å². The van der Waals surface area contributed by atoms with Crippen molar-refractivity contribution in [3.05, 3.63) is 69.8 Å². The van der Waals surface area contributed by atoms with Crippen LogP contribution in [0.5, 0.6) is 0 Å². The maximum absolute atomic E-state index is 12.9. The van der Waals surface area contributed by atoms with Crippen LogP contribution in [0.2, 0.25) is 0 Å². The second kappa shape index (κ2) is 9.64. The minimum absolute atomic E-state index is 0.0669. The molecule has 1 fully saturated rings. The van der Waals surface area contributed by atoms with Gasteiger partial charge < -0.3 is 19.3 Å². The van der Waals surface area contributed by atoms with E-state index in [0.717, 1.165) is 45.9 Å². The summed E-state index contributed by atoms with van der Waals surface area (Å²) in [6.07, 6.45) is 4.47. The minimum atomic E-state index is -0.741. The first-order valence-electron chi connectivity index (χ1n) is 12.4. The molecule has 186 valence electrons. The van der Waals surface area contributed by atoms with Gasteiger partial charge in [0, 0.05) is 28.4 Å². The Balaban J connectivity index is 1.40. The molecule has 36 heavy (non-hydrogen) atoms. The van der Waals surface area contributed by atoms with Gasteiger partial charge in [0.2, 0.25) is 5.91 Å². The largest absolute Gasteiger partial charge is 0.481 e. The Morgan fingerprint density at radius 2 is 1.72 bits per heavy atom. The number of rotatable bonds is 6. The number of nitrogens with one attached hydrogen (secondary N) is 1. The van der Waals surface area contributed by atoms with Gasteiger partial charge in [0.25, 0.3) is 0 Å². The van der Waals surface area contributed by atoms with E-state index in [1.165, 1.54) is 0 Å². The van der Waals surface area contributed by atoms with Gasteiger partial charge in [0.15, 0.2) is 0 Å². The van der Waals surface area contributed by atoms with E-state index in [1.807, 2.05) is 50.2 Å². The number of aryl methyl sites for hydroxylation is 2. The van der Waals surface area contributed by atoms with Crippen molar-refractivity contribution >= 4 is 33.8 Å². The lowest BCUT2D eigenvalue weighted by molar-refractivity contribution is -0.143. The summed E-state index contributed by atoms with van der Waals surface area (Å²) in [6.45, 7) is 4.21. The summed E-state index contributed by atoms with van der Waals surface area (Å²) in [5, 5.41) is 13.8. The summed E-state index contributed by atoms with van der Waals surface area (Å²) in [6, 6.07) is 11.9. The lowest BCUT2D eigenvalue weighted by atomic mass is 9.82. The highest BCUT2D eigenvalue weighted by Crippen LogP contribution is 2.37. The smallest absolute Gasteiger partial charge is 0.340 e. The Kier molecular flexibility index (Phi) is 6.39. The number of carbonyl (C=O) groups is 2. The van der Waals surface area contributed by atoms with Crippen molar-refractivity contribution in [1.82, 2.24) is 5.32 Å². The summed E-state index contributed by atoms with van der Waals surface area (Å²) < 4.78 is 11.6. The van der Waals surface area contributed by atoms with E-state index in [1.54, 1.807) is 6.26 Å². The highest BCUT2D eigenvalue weighted by atomic mass is 16.4. The average molecular weight is 488 g/mol. The van der Waals surface area contributed by atoms with Gasteiger partial charge in [0.05, 0.1) is 24.2 Å². The molecule has 0 spiro atoms. The molecule has 4 aromatic rings. The van der Waals surface area contributed by atoms with Crippen LogP contribution < -0.4 is 10.9 Å². The summed E-state index contributed by atoms with van der Waals surface area (Å²) >= 11 is 0. The fourth-order valence-corrected chi connectivity index (χ4v) is 5.34. The Bertz CT molecular complexity index is 1510. The topological polar surface area (TPSA) is 110 Å². The monoisotopic (exact) mass is 487 g/mol. The molecule has 0 radical (unpaired) electrons. The summed E-state index contributed by atoms with van der Waals surface area (Å²) in [5.41, 5.74) is 4.43. The maximum Gasteiger partial charge on any atom is 0.340 e. The van der Waals surface area contributed by atoms with Crippen molar-refractivity contribution in [2.24, 2.45) is 11.8 Å². The molecule has 0 atom stereocenters. The molecular formula is C29H29NO6. The second-order valence-electron chi connectivity index (χ2n) is 9.80. The van der Waals surface area contributed by atoms with E-state index in [-0.39, 0.29) is 24.2 Å². The van der Waals surface area contributed by atoms with Gasteiger partial charge >= 0.3 is 11.6 Å². The number of fused-ring (bicyclic) bond motifs is 2. The normalized spacial score (nSPS) is 17.9. The van der Waals surface area contributed by atoms with Crippen LogP contribution in [0.15, 0.2) is 56.3 Å². The van der Waals surface area contributed by atoms with E-state index < -0.39 is 11.6 Å². The Morgan fingerprint density at radius 3 is 2.42 bits per heavy atom. The zero-order valence-corrected chi connectivity index (χ0v) is 20.4. The number of hydrogen-bond acceptors (Lipinski definition) is 5. The Morgan fingerprint density at radius 1 is 1.00 bits per heavy atom. The van der Waals surface area contributed by atoms with Crippen molar-refractivity contribution < 1.29 is 23.5 Å². The Labute approximate surface area is 208 Å². The number of hydrogen-bond donors (Lipinski definition) is 2. The average Bonchev–Trinajstić information content (AvgIpc) is 3.31. The van der Waals surface area contributed by atoms with Gasteiger partial charge in [-0.05, 0) is 62.6 Å². The second-order valence-corrected chi connectivity index (χ2v) is 9.80. The predicted molar refractivity (Wildman–Crippen MR) is 137 cm³/mol. The number of carbonyl (C=O) groups excluding carboxylic acids is 1. The third kappa shape index (κ3) is 4.41. The molecule has 0 saturated heterocycles. The first-order chi connectivity index (χ1) is 17.3. The molecular weight excluding hydrogens is 458 g/mol. The first kappa shape index (κ1) is 23.9. The van der Waals surface area contributed by atoms with Gasteiger partial charge in [-0.1, -0.05) is 30.3 Å². The molecule has 2 aromatic heterocycles. The molecule has 1 aliphatic carbocycles. The van der Waals surface area contributed by atoms with E-state index >= 15 is 0 Å². The number of aliphatic carboxylic acids is 1. The quantitative estimate of drug-likeness (QED) is 0.354. The molecule has 2 N–H and O–H groups in total. The van der Waals surface area contributed by atoms with Crippen LogP contribution in [0.1, 0.15) is 42.4 Å². The molecule has 1 saturated carbocycles. The van der Waals surface area contributed by atoms with Crippen LogP contribution in [0, 0.1) is 25.7 Å². The van der Waals surface area contributed by atoms with E-state index in [9.17, 15) is 14.4 Å². The van der Waals surface area contributed by atoms with Crippen molar-refractivity contribution in [1.29, 1.82) is 0 Å². The third-order valence-electron chi connectivity index (χ3n) is 7.55. The molecule has 7 heteroatoms. The van der Waals surface area contributed by atoms with Crippen molar-refractivity contribution in [3.8, 4) is 11.1 Å². The lowest BCUT2D eigenvalue weighted by Gasteiger charge is -2.26. The van der Waals surface area contributed by atoms with Crippen molar-refractivity contribution in [2.45, 2.75) is 46.0 Å². The van der Waals surface area contributed by atoms with Crippen molar-refractivity contribution in [2.75, 3.05) is 6.54 Å². The van der Waals surface area contributed by atoms with Crippen LogP contribution in [-0.2, 0) is 16.0 Å². The van der Waals surface area contributed by atoms with Crippen LogP contribution in [0.3, 0.4) is 0 Å². The van der Waals surface area contributed by atoms with Crippen LogP contribution >= 0.6 is 0 Å². The van der Waals surface area contributed by atoms with E-state index in [0.29, 0.717) is 36.1 Å². The number of amides is 1. The number of carboxylic acids is 1. The number of carboxylic acid groups (broad SMARTS) is 1. The van der Waals surface area contributed by atoms with Gasteiger partial charge in [-0.15, -0.1) is 0 Å². The molecule has 5 rings (SSSR count). The fourth-order valence-electron chi connectivity index (χ4n) is 5.34. The molecule has 0 bridgehead atoms. The van der Waals surface area contributed by atoms with Crippen LogP contribution in [0.25, 0.3) is 33.1 Å². The first-order valence-corrected chi connectivity index (χ1v) is 12.4. The highest BCUT2D eigenvalue weighted by molar-refractivity contribution is 6.05. The Hall–Kier alpha value is -3.87. The maximum atomic E-state index is 12.9. The molecule has 0 unspecified atom stereocenters. The summed E-state index contributed by atoms with van der Waals surface area (Å²) in [4.78, 5) is 36.8. The number of benzene rings is 2. The molecule has 2 aromatic carbocycles. The highest BCUT2D eigenvalue weighted by Gasteiger charge is 2.26. The van der Waals surface area contributed by atoms with Gasteiger partial charge in [-0.25, -0.2) is 4.79 Å². The molecule has 2 heterocycles.